The van der Waals surface area contributed by atoms with E-state index >= 15 is 0 Å². The fourth-order valence-corrected chi connectivity index (χ4v) is 1.92. The molecule has 4 nitrogen and oxygen atoms in total. The maximum atomic E-state index is 11.4. The summed E-state index contributed by atoms with van der Waals surface area (Å²) >= 11 is 0. The minimum absolute atomic E-state index is 0.0895. The molecular formula is C13H15NO3. The maximum Gasteiger partial charge on any atom is 0.414 e. The van der Waals surface area contributed by atoms with Crippen molar-refractivity contribution in [2.24, 2.45) is 0 Å². The van der Waals surface area contributed by atoms with Gasteiger partial charge in [0.25, 0.3) is 0 Å². The summed E-state index contributed by atoms with van der Waals surface area (Å²) in [5.74, 6) is 0.973. The summed E-state index contributed by atoms with van der Waals surface area (Å²) < 4.78 is 10.2. The lowest BCUT2D eigenvalue weighted by Gasteiger charge is -2.15. The van der Waals surface area contributed by atoms with Gasteiger partial charge in [0.05, 0.1) is 18.5 Å². The van der Waals surface area contributed by atoms with Gasteiger partial charge in [0.15, 0.2) is 0 Å². The molecule has 2 rings (SSSR count). The number of rotatable bonds is 5. The van der Waals surface area contributed by atoms with Gasteiger partial charge in [-0.25, -0.2) is 4.79 Å². The number of cyclic esters (lactones) is 1. The van der Waals surface area contributed by atoms with Crippen LogP contribution in [0.3, 0.4) is 0 Å². The lowest BCUT2D eigenvalue weighted by atomic mass is 10.1. The van der Waals surface area contributed by atoms with Crippen LogP contribution in [0.25, 0.3) is 0 Å². The number of amides is 1. The van der Waals surface area contributed by atoms with Crippen LogP contribution in [0.1, 0.15) is 18.6 Å². The molecule has 90 valence electrons. The normalized spacial score (nSPS) is 18.9. The molecule has 1 saturated heterocycles. The summed E-state index contributed by atoms with van der Waals surface area (Å²) in [5.41, 5.74) is 2.61. The van der Waals surface area contributed by atoms with E-state index in [-0.39, 0.29) is 12.1 Å². The Kier molecular flexibility index (Phi) is 3.68. The molecule has 4 heteroatoms. The number of carbonyl (C=O) groups is 1. The second-order valence-electron chi connectivity index (χ2n) is 3.94. The molecule has 1 amide bonds. The van der Waals surface area contributed by atoms with Gasteiger partial charge in [-0.3, -0.25) is 4.90 Å². The number of ether oxygens (including phenoxy) is 1. The third kappa shape index (κ3) is 2.80. The van der Waals surface area contributed by atoms with Gasteiger partial charge in [0.2, 0.25) is 0 Å². The van der Waals surface area contributed by atoms with E-state index in [0.29, 0.717) is 6.61 Å². The fraction of sp³-hybridized carbons (Fsp3) is 0.385. The summed E-state index contributed by atoms with van der Waals surface area (Å²) in [4.78, 5) is 12.9. The average molecular weight is 233 g/mol. The van der Waals surface area contributed by atoms with E-state index in [2.05, 4.69) is 12.3 Å². The summed E-state index contributed by atoms with van der Waals surface area (Å²) in [6, 6.07) is 3.92. The van der Waals surface area contributed by atoms with Crippen molar-refractivity contribution in [2.45, 2.75) is 25.3 Å². The number of hydrogen-bond acceptors (Lipinski definition) is 3. The Balaban J connectivity index is 1.82. The SMILES string of the molecule is C=C=CN1C(=O)OC[C@H]1CCCc1ccco1. The second-order valence-corrected chi connectivity index (χ2v) is 3.94. The van der Waals surface area contributed by atoms with Gasteiger partial charge in [-0.15, -0.1) is 5.73 Å². The van der Waals surface area contributed by atoms with Crippen molar-refractivity contribution in [3.05, 3.63) is 42.7 Å². The van der Waals surface area contributed by atoms with Gasteiger partial charge < -0.3 is 9.15 Å². The Morgan fingerprint density at radius 2 is 2.53 bits per heavy atom. The van der Waals surface area contributed by atoms with Crippen LogP contribution in [0.2, 0.25) is 0 Å². The Morgan fingerprint density at radius 1 is 1.65 bits per heavy atom. The Labute approximate surface area is 100 Å². The third-order valence-electron chi connectivity index (χ3n) is 2.77. The van der Waals surface area contributed by atoms with Crippen LogP contribution < -0.4 is 0 Å². The molecule has 1 aliphatic rings. The van der Waals surface area contributed by atoms with Crippen molar-refractivity contribution in [1.82, 2.24) is 4.90 Å². The average Bonchev–Trinajstić information content (AvgIpc) is 2.93. The predicted molar refractivity (Wildman–Crippen MR) is 62.3 cm³/mol. The van der Waals surface area contributed by atoms with Crippen LogP contribution >= 0.6 is 0 Å². The summed E-state index contributed by atoms with van der Waals surface area (Å²) in [6.45, 7) is 3.91. The zero-order valence-corrected chi connectivity index (χ0v) is 9.59. The second kappa shape index (κ2) is 5.41. The van der Waals surface area contributed by atoms with Crippen LogP contribution in [0.5, 0.6) is 0 Å². The third-order valence-corrected chi connectivity index (χ3v) is 2.77. The van der Waals surface area contributed by atoms with Crippen LogP contribution in [0.4, 0.5) is 4.79 Å². The number of furan rings is 1. The van der Waals surface area contributed by atoms with Gasteiger partial charge in [-0.05, 0) is 25.0 Å². The zero-order chi connectivity index (χ0) is 12.1. The molecule has 0 unspecified atom stereocenters. The minimum atomic E-state index is -0.316. The van der Waals surface area contributed by atoms with Gasteiger partial charge in [-0.2, -0.15) is 0 Å². The molecule has 1 atom stereocenters. The first-order chi connectivity index (χ1) is 8.31. The smallest absolute Gasteiger partial charge is 0.414 e. The number of carbonyl (C=O) groups excluding carboxylic acids is 1. The monoisotopic (exact) mass is 233 g/mol. The quantitative estimate of drug-likeness (QED) is 0.734. The van der Waals surface area contributed by atoms with E-state index in [0.717, 1.165) is 25.0 Å². The Bertz CT molecular complexity index is 418. The molecule has 0 saturated carbocycles. The van der Waals surface area contributed by atoms with E-state index in [1.165, 1.54) is 0 Å². The Morgan fingerprint density at radius 3 is 3.24 bits per heavy atom. The Hall–Kier alpha value is -1.93. The predicted octanol–water partition coefficient (Wildman–Crippen LogP) is 2.72. The van der Waals surface area contributed by atoms with Crippen molar-refractivity contribution in [3.63, 3.8) is 0 Å². The van der Waals surface area contributed by atoms with Crippen molar-refractivity contribution >= 4 is 6.09 Å². The highest BCUT2D eigenvalue weighted by Gasteiger charge is 2.30. The highest BCUT2D eigenvalue weighted by molar-refractivity contribution is 5.71. The number of hydrogen-bond donors (Lipinski definition) is 0. The van der Waals surface area contributed by atoms with Crippen molar-refractivity contribution in [1.29, 1.82) is 0 Å². The fourth-order valence-electron chi connectivity index (χ4n) is 1.92. The van der Waals surface area contributed by atoms with Crippen molar-refractivity contribution in [3.8, 4) is 0 Å². The number of aryl methyl sites for hydroxylation is 1. The minimum Gasteiger partial charge on any atom is -0.469 e. The van der Waals surface area contributed by atoms with Gasteiger partial charge in [0, 0.05) is 6.42 Å². The van der Waals surface area contributed by atoms with Gasteiger partial charge in [0.1, 0.15) is 12.4 Å². The topological polar surface area (TPSA) is 42.7 Å². The highest BCUT2D eigenvalue weighted by Crippen LogP contribution is 2.18. The molecule has 0 spiro atoms. The number of nitrogens with zero attached hydrogens (tertiary/aromatic N) is 1. The van der Waals surface area contributed by atoms with Crippen molar-refractivity contribution < 1.29 is 13.9 Å². The maximum absolute atomic E-state index is 11.4. The molecule has 0 aromatic carbocycles. The molecular weight excluding hydrogens is 218 g/mol. The molecule has 2 heterocycles. The molecule has 1 aliphatic heterocycles. The first kappa shape index (κ1) is 11.6. The van der Waals surface area contributed by atoms with Crippen LogP contribution in [-0.2, 0) is 11.2 Å². The highest BCUT2D eigenvalue weighted by atomic mass is 16.6. The zero-order valence-electron chi connectivity index (χ0n) is 9.59. The molecule has 0 bridgehead atoms. The lowest BCUT2D eigenvalue weighted by molar-refractivity contribution is 0.166. The molecule has 17 heavy (non-hydrogen) atoms. The molecule has 1 aromatic rings. The molecule has 1 aromatic heterocycles. The largest absolute Gasteiger partial charge is 0.469 e. The van der Waals surface area contributed by atoms with E-state index in [1.54, 1.807) is 17.4 Å². The molecule has 1 fully saturated rings. The van der Waals surface area contributed by atoms with E-state index in [1.807, 2.05) is 12.1 Å². The first-order valence-electron chi connectivity index (χ1n) is 5.64. The first-order valence-corrected chi connectivity index (χ1v) is 5.64. The van der Waals surface area contributed by atoms with Crippen LogP contribution in [0.15, 0.2) is 41.3 Å². The molecule has 0 radical (unpaired) electrons. The van der Waals surface area contributed by atoms with E-state index < -0.39 is 0 Å². The summed E-state index contributed by atoms with van der Waals surface area (Å²) in [6.07, 6.45) is 5.62. The van der Waals surface area contributed by atoms with E-state index in [4.69, 9.17) is 9.15 Å². The van der Waals surface area contributed by atoms with Crippen molar-refractivity contribution in [2.75, 3.05) is 6.61 Å². The van der Waals surface area contributed by atoms with Crippen LogP contribution in [-0.4, -0.2) is 23.6 Å². The standard InChI is InChI=1S/C13H15NO3/c1-2-8-14-11(10-17-13(14)15)5-3-6-12-7-4-9-16-12/h4,7-9,11H,1,3,5-6,10H2/t11-/m1/s1. The lowest BCUT2D eigenvalue weighted by Crippen LogP contribution is -2.28. The summed E-state index contributed by atoms with van der Waals surface area (Å²) in [7, 11) is 0. The van der Waals surface area contributed by atoms with Crippen LogP contribution in [0, 0.1) is 0 Å². The summed E-state index contributed by atoms with van der Waals surface area (Å²) in [5, 5.41) is 0. The van der Waals surface area contributed by atoms with Gasteiger partial charge in [-0.1, -0.05) is 6.58 Å². The molecule has 0 N–H and O–H groups in total. The molecule has 0 aliphatic carbocycles. The van der Waals surface area contributed by atoms with E-state index in [9.17, 15) is 4.79 Å². The van der Waals surface area contributed by atoms with Gasteiger partial charge >= 0.3 is 6.09 Å².